The van der Waals surface area contributed by atoms with Crippen molar-refractivity contribution in [2.75, 3.05) is 17.8 Å². The molecule has 0 saturated carbocycles. The molecule has 0 aliphatic carbocycles. The van der Waals surface area contributed by atoms with Crippen molar-refractivity contribution in [3.63, 3.8) is 0 Å². The van der Waals surface area contributed by atoms with Crippen molar-refractivity contribution in [1.29, 1.82) is 0 Å². The highest BCUT2D eigenvalue weighted by molar-refractivity contribution is 7.98. The van der Waals surface area contributed by atoms with Crippen LogP contribution in [0.3, 0.4) is 0 Å². The summed E-state index contributed by atoms with van der Waals surface area (Å²) < 4.78 is 2.22. The van der Waals surface area contributed by atoms with Gasteiger partial charge in [0.1, 0.15) is 0 Å². The Morgan fingerprint density at radius 1 is 0.970 bits per heavy atom. The summed E-state index contributed by atoms with van der Waals surface area (Å²) in [6, 6.07) is 22.4. The summed E-state index contributed by atoms with van der Waals surface area (Å²) in [6.07, 6.45) is 8.18. The van der Waals surface area contributed by atoms with Gasteiger partial charge in [-0.2, -0.15) is 0 Å². The summed E-state index contributed by atoms with van der Waals surface area (Å²) in [4.78, 5) is 20.8. The van der Waals surface area contributed by atoms with E-state index in [1.165, 1.54) is 11.1 Å². The first-order chi connectivity index (χ1) is 16.2. The third-order valence-corrected chi connectivity index (χ3v) is 7.36. The Kier molecular flexibility index (Phi) is 6.29. The van der Waals surface area contributed by atoms with E-state index in [4.69, 9.17) is 4.99 Å². The van der Waals surface area contributed by atoms with Gasteiger partial charge in [0.2, 0.25) is 0 Å². The van der Waals surface area contributed by atoms with Gasteiger partial charge in [-0.1, -0.05) is 30.3 Å². The maximum atomic E-state index is 13.6. The number of benzene rings is 3. The highest BCUT2D eigenvalue weighted by Crippen LogP contribution is 2.26. The first-order valence-electron chi connectivity index (χ1n) is 11.0. The Balaban J connectivity index is 1.71. The number of amides is 1. The highest BCUT2D eigenvalue weighted by atomic mass is 32.2. The third kappa shape index (κ3) is 4.45. The van der Waals surface area contributed by atoms with Gasteiger partial charge in [-0.25, -0.2) is 4.99 Å². The molecule has 2 heterocycles. The summed E-state index contributed by atoms with van der Waals surface area (Å²) in [5.41, 5.74) is 4.72. The van der Waals surface area contributed by atoms with Gasteiger partial charge >= 0.3 is 0 Å². The maximum absolute atomic E-state index is 13.6. The van der Waals surface area contributed by atoms with Gasteiger partial charge in [0.15, 0.2) is 0 Å². The maximum Gasteiger partial charge on any atom is 0.259 e. The molecule has 3 aromatic carbocycles. The van der Waals surface area contributed by atoms with Crippen LogP contribution in [0.25, 0.3) is 10.9 Å². The number of carbonyl (C=O) groups is 1. The molecule has 1 aromatic heterocycles. The highest BCUT2D eigenvalue weighted by Gasteiger charge is 2.19. The molecule has 1 aliphatic heterocycles. The fourth-order valence-electron chi connectivity index (χ4n) is 4.36. The number of anilines is 1. The van der Waals surface area contributed by atoms with E-state index in [2.05, 4.69) is 46.5 Å². The molecule has 166 valence electrons. The standard InChI is InChI=1S/C27H25N3OS2/c1-32-21-11-4-9-19(15-21)28-25-23-13-3-7-18-8-6-14-30(26(18)23)17-24(25)27(31)29-20-10-5-12-22(16-20)33-2/h3-5,7,9-13,15-17H,6,8,14H2,1-2H3,(H,29,31). The number of nitrogens with zero attached hydrogens (tertiary/aromatic N) is 2. The van der Waals surface area contributed by atoms with Gasteiger partial charge in [-0.3, -0.25) is 4.79 Å². The van der Waals surface area contributed by atoms with Crippen LogP contribution in [0.4, 0.5) is 11.4 Å². The number of thioether (sulfide) groups is 2. The zero-order chi connectivity index (χ0) is 22.8. The van der Waals surface area contributed by atoms with Crippen LogP contribution in [-0.2, 0) is 13.0 Å². The number of carbonyl (C=O) groups excluding carboxylic acids is 1. The number of hydrogen-bond donors (Lipinski definition) is 1. The van der Waals surface area contributed by atoms with Crippen LogP contribution >= 0.6 is 23.5 Å². The van der Waals surface area contributed by atoms with Crippen LogP contribution in [-0.4, -0.2) is 23.0 Å². The van der Waals surface area contributed by atoms with Crippen LogP contribution in [0.1, 0.15) is 22.3 Å². The third-order valence-electron chi connectivity index (χ3n) is 5.91. The lowest BCUT2D eigenvalue weighted by Gasteiger charge is -2.21. The quantitative estimate of drug-likeness (QED) is 0.337. The summed E-state index contributed by atoms with van der Waals surface area (Å²) in [5, 5.41) is 4.85. The van der Waals surface area contributed by atoms with E-state index >= 15 is 0 Å². The molecule has 0 spiro atoms. The molecule has 0 saturated heterocycles. The normalized spacial score (nSPS) is 13.3. The Labute approximate surface area is 202 Å². The molecule has 1 amide bonds. The van der Waals surface area contributed by atoms with Gasteiger partial charge in [0.05, 0.1) is 22.1 Å². The fourth-order valence-corrected chi connectivity index (χ4v) is 5.27. The van der Waals surface area contributed by atoms with Gasteiger partial charge in [-0.15, -0.1) is 23.5 Å². The summed E-state index contributed by atoms with van der Waals surface area (Å²) >= 11 is 3.34. The minimum absolute atomic E-state index is 0.144. The van der Waals surface area contributed by atoms with E-state index in [-0.39, 0.29) is 5.91 Å². The molecule has 4 nitrogen and oxygen atoms in total. The van der Waals surface area contributed by atoms with E-state index in [0.717, 1.165) is 51.3 Å². The Morgan fingerprint density at radius 3 is 2.55 bits per heavy atom. The van der Waals surface area contributed by atoms with Crippen molar-refractivity contribution < 1.29 is 4.79 Å². The van der Waals surface area contributed by atoms with E-state index in [0.29, 0.717) is 5.56 Å². The number of rotatable bonds is 5. The Morgan fingerprint density at radius 2 is 1.73 bits per heavy atom. The molecule has 1 aliphatic rings. The molecule has 0 bridgehead atoms. The predicted octanol–water partition coefficient (Wildman–Crippen LogP) is 6.52. The van der Waals surface area contributed by atoms with Crippen molar-refractivity contribution in [3.8, 4) is 0 Å². The molecule has 5 rings (SSSR count). The van der Waals surface area contributed by atoms with Gasteiger partial charge < -0.3 is 9.88 Å². The van der Waals surface area contributed by atoms with Crippen LogP contribution in [0.15, 0.2) is 87.7 Å². The second kappa shape index (κ2) is 9.49. The monoisotopic (exact) mass is 471 g/mol. The molecular weight excluding hydrogens is 446 g/mol. The average Bonchev–Trinajstić information content (AvgIpc) is 2.86. The van der Waals surface area contributed by atoms with Crippen LogP contribution in [0.2, 0.25) is 0 Å². The van der Waals surface area contributed by atoms with Gasteiger partial charge in [0, 0.05) is 33.6 Å². The molecule has 0 fully saturated rings. The summed E-state index contributed by atoms with van der Waals surface area (Å²) in [5.74, 6) is -0.144. The van der Waals surface area contributed by atoms with E-state index < -0.39 is 0 Å². The summed E-state index contributed by atoms with van der Waals surface area (Å²) in [7, 11) is 0. The van der Waals surface area contributed by atoms with Crippen molar-refractivity contribution in [1.82, 2.24) is 4.57 Å². The predicted molar refractivity (Wildman–Crippen MR) is 140 cm³/mol. The lowest BCUT2D eigenvalue weighted by Crippen LogP contribution is -2.26. The number of aryl methyl sites for hydroxylation is 2. The van der Waals surface area contributed by atoms with Crippen LogP contribution in [0, 0.1) is 0 Å². The van der Waals surface area contributed by atoms with Gasteiger partial charge in [-0.05, 0) is 67.3 Å². The average molecular weight is 472 g/mol. The first kappa shape index (κ1) is 21.9. The second-order valence-corrected chi connectivity index (χ2v) is 9.76. The van der Waals surface area contributed by atoms with E-state index in [1.807, 2.05) is 48.9 Å². The number of nitrogens with one attached hydrogen (secondary N) is 1. The Hall–Kier alpha value is -2.96. The molecular formula is C27H25N3OS2. The number of aromatic nitrogens is 1. The molecule has 0 atom stereocenters. The van der Waals surface area contributed by atoms with Gasteiger partial charge in [0.25, 0.3) is 5.91 Å². The second-order valence-electron chi connectivity index (χ2n) is 8.00. The van der Waals surface area contributed by atoms with Crippen LogP contribution < -0.4 is 10.7 Å². The van der Waals surface area contributed by atoms with Crippen molar-refractivity contribution in [2.24, 2.45) is 4.99 Å². The molecule has 4 aromatic rings. The van der Waals surface area contributed by atoms with E-state index in [9.17, 15) is 4.79 Å². The van der Waals surface area contributed by atoms with Crippen molar-refractivity contribution >= 4 is 51.7 Å². The molecule has 33 heavy (non-hydrogen) atoms. The molecule has 0 unspecified atom stereocenters. The topological polar surface area (TPSA) is 46.4 Å². The SMILES string of the molecule is CSc1cccc(N=c2c(C(=O)Nc3cccc(SC)c3)cn3c4c(cccc24)CCC3)c1. The number of pyridine rings is 1. The zero-order valence-corrected chi connectivity index (χ0v) is 20.3. The number of para-hydroxylation sites is 1. The van der Waals surface area contributed by atoms with E-state index in [1.54, 1.807) is 23.5 Å². The molecule has 6 heteroatoms. The first-order valence-corrected chi connectivity index (χ1v) is 13.4. The molecule has 0 radical (unpaired) electrons. The Bertz CT molecular complexity index is 1420. The smallest absolute Gasteiger partial charge is 0.259 e. The van der Waals surface area contributed by atoms with Crippen molar-refractivity contribution in [2.45, 2.75) is 29.2 Å². The zero-order valence-electron chi connectivity index (χ0n) is 18.7. The lowest BCUT2D eigenvalue weighted by molar-refractivity contribution is 0.102. The number of hydrogen-bond acceptors (Lipinski definition) is 4. The lowest BCUT2D eigenvalue weighted by atomic mass is 9.99. The minimum Gasteiger partial charge on any atom is -0.346 e. The van der Waals surface area contributed by atoms with Crippen LogP contribution in [0.5, 0.6) is 0 Å². The minimum atomic E-state index is -0.144. The summed E-state index contributed by atoms with van der Waals surface area (Å²) in [6.45, 7) is 0.901. The largest absolute Gasteiger partial charge is 0.346 e. The molecule has 1 N–H and O–H groups in total. The van der Waals surface area contributed by atoms with Crippen molar-refractivity contribution in [3.05, 3.63) is 89.4 Å². The fraction of sp³-hybridized carbons (Fsp3) is 0.185.